The van der Waals surface area contributed by atoms with Crippen molar-refractivity contribution >= 4 is 28.7 Å². The Morgan fingerprint density at radius 3 is 2.26 bits per heavy atom. The summed E-state index contributed by atoms with van der Waals surface area (Å²) in [5.74, 6) is 0.567. The lowest BCUT2D eigenvalue weighted by molar-refractivity contribution is 0.106. The lowest BCUT2D eigenvalue weighted by atomic mass is 10.1. The predicted molar refractivity (Wildman–Crippen MR) is 80.0 cm³/mol. The van der Waals surface area contributed by atoms with E-state index >= 15 is 0 Å². The highest BCUT2D eigenvalue weighted by atomic mass is 32.1. The van der Waals surface area contributed by atoms with Gasteiger partial charge in [0, 0.05) is 11.3 Å². The SMILES string of the molecule is COc1ccc(NC(=S)C(=O)c2ccccc2)cc1. The van der Waals surface area contributed by atoms with Gasteiger partial charge in [-0.05, 0) is 24.3 Å². The van der Waals surface area contributed by atoms with E-state index in [1.165, 1.54) is 0 Å². The van der Waals surface area contributed by atoms with E-state index in [0.29, 0.717) is 5.56 Å². The Morgan fingerprint density at radius 1 is 1.05 bits per heavy atom. The Morgan fingerprint density at radius 2 is 1.68 bits per heavy atom. The van der Waals surface area contributed by atoms with Crippen molar-refractivity contribution in [1.29, 1.82) is 0 Å². The summed E-state index contributed by atoms with van der Waals surface area (Å²) in [6.07, 6.45) is 0. The number of carbonyl (C=O) groups excluding carboxylic acids is 1. The molecule has 2 rings (SSSR count). The zero-order valence-electron chi connectivity index (χ0n) is 10.4. The van der Waals surface area contributed by atoms with Gasteiger partial charge >= 0.3 is 0 Å². The van der Waals surface area contributed by atoms with Crippen molar-refractivity contribution in [2.24, 2.45) is 0 Å². The molecular weight excluding hydrogens is 258 g/mol. The Bertz CT molecular complexity index is 579. The van der Waals surface area contributed by atoms with Crippen molar-refractivity contribution < 1.29 is 9.53 Å². The Labute approximate surface area is 117 Å². The maximum absolute atomic E-state index is 12.0. The highest BCUT2D eigenvalue weighted by Gasteiger charge is 2.11. The first-order valence-corrected chi connectivity index (χ1v) is 6.16. The van der Waals surface area contributed by atoms with Gasteiger partial charge in [-0.25, -0.2) is 0 Å². The fourth-order valence-corrected chi connectivity index (χ4v) is 1.82. The molecule has 0 atom stereocenters. The minimum atomic E-state index is -0.189. The van der Waals surface area contributed by atoms with Gasteiger partial charge in [-0.3, -0.25) is 4.79 Å². The smallest absolute Gasteiger partial charge is 0.220 e. The number of thiocarbonyl (C=S) groups is 1. The maximum Gasteiger partial charge on any atom is 0.220 e. The number of benzene rings is 2. The molecule has 0 aliphatic heterocycles. The molecule has 0 unspecified atom stereocenters. The lowest BCUT2D eigenvalue weighted by Gasteiger charge is -2.07. The number of anilines is 1. The second-order valence-corrected chi connectivity index (χ2v) is 4.29. The fraction of sp³-hybridized carbons (Fsp3) is 0.0667. The van der Waals surface area contributed by atoms with Gasteiger partial charge in [0.25, 0.3) is 0 Å². The van der Waals surface area contributed by atoms with Crippen LogP contribution >= 0.6 is 12.2 Å². The summed E-state index contributed by atoms with van der Waals surface area (Å²) >= 11 is 5.11. The molecule has 96 valence electrons. The van der Waals surface area contributed by atoms with Gasteiger partial charge in [0.05, 0.1) is 7.11 Å². The van der Waals surface area contributed by atoms with Gasteiger partial charge < -0.3 is 10.1 Å². The predicted octanol–water partition coefficient (Wildman–Crippen LogP) is 3.32. The molecule has 19 heavy (non-hydrogen) atoms. The highest BCUT2D eigenvalue weighted by Crippen LogP contribution is 2.15. The number of rotatable bonds is 4. The van der Waals surface area contributed by atoms with Crippen molar-refractivity contribution in [2.45, 2.75) is 0 Å². The molecule has 0 radical (unpaired) electrons. The van der Waals surface area contributed by atoms with Crippen LogP contribution in [0.15, 0.2) is 54.6 Å². The zero-order valence-corrected chi connectivity index (χ0v) is 11.2. The molecular formula is C15H13NO2S. The molecule has 2 aromatic rings. The van der Waals surface area contributed by atoms with Crippen LogP contribution in [0, 0.1) is 0 Å². The van der Waals surface area contributed by atoms with Crippen LogP contribution in [-0.2, 0) is 0 Å². The first-order valence-electron chi connectivity index (χ1n) is 5.75. The highest BCUT2D eigenvalue weighted by molar-refractivity contribution is 7.82. The Balaban J connectivity index is 2.06. The summed E-state index contributed by atoms with van der Waals surface area (Å²) in [7, 11) is 1.60. The molecule has 0 bridgehead atoms. The molecule has 0 spiro atoms. The van der Waals surface area contributed by atoms with Crippen LogP contribution in [0.1, 0.15) is 10.4 Å². The third-order valence-electron chi connectivity index (χ3n) is 2.59. The number of methoxy groups -OCH3 is 1. The topological polar surface area (TPSA) is 38.3 Å². The monoisotopic (exact) mass is 271 g/mol. The van der Waals surface area contributed by atoms with Crippen LogP contribution in [0.2, 0.25) is 0 Å². The van der Waals surface area contributed by atoms with Gasteiger partial charge in [-0.2, -0.15) is 0 Å². The largest absolute Gasteiger partial charge is 0.497 e. The lowest BCUT2D eigenvalue weighted by Crippen LogP contribution is -2.20. The van der Waals surface area contributed by atoms with Gasteiger partial charge in [-0.1, -0.05) is 42.5 Å². The molecule has 3 nitrogen and oxygen atoms in total. The number of ether oxygens (including phenoxy) is 1. The summed E-state index contributed by atoms with van der Waals surface area (Å²) < 4.78 is 5.06. The second kappa shape index (κ2) is 6.11. The molecule has 0 heterocycles. The van der Waals surface area contributed by atoms with E-state index in [1.807, 2.05) is 30.3 Å². The van der Waals surface area contributed by atoms with Crippen LogP contribution in [0.3, 0.4) is 0 Å². The molecule has 0 aromatic heterocycles. The number of nitrogens with one attached hydrogen (secondary N) is 1. The minimum absolute atomic E-state index is 0.177. The number of hydrogen-bond donors (Lipinski definition) is 1. The summed E-state index contributed by atoms with van der Waals surface area (Å²) in [6, 6.07) is 16.2. The minimum Gasteiger partial charge on any atom is -0.497 e. The van der Waals surface area contributed by atoms with E-state index in [2.05, 4.69) is 5.32 Å². The van der Waals surface area contributed by atoms with E-state index in [9.17, 15) is 4.79 Å². The van der Waals surface area contributed by atoms with E-state index in [1.54, 1.807) is 31.4 Å². The Hall–Kier alpha value is -2.20. The zero-order chi connectivity index (χ0) is 13.7. The van der Waals surface area contributed by atoms with Crippen LogP contribution in [0.5, 0.6) is 5.75 Å². The normalized spacial score (nSPS) is 9.74. The van der Waals surface area contributed by atoms with Gasteiger partial charge in [0.15, 0.2) is 4.99 Å². The third-order valence-corrected chi connectivity index (χ3v) is 2.88. The standard InChI is InChI=1S/C15H13NO2S/c1-18-13-9-7-12(8-10-13)16-15(19)14(17)11-5-3-2-4-6-11/h2-10H,1H3,(H,16,19). The first kappa shape index (κ1) is 13.2. The third kappa shape index (κ3) is 3.39. The fourth-order valence-electron chi connectivity index (χ4n) is 1.58. The van der Waals surface area contributed by atoms with Crippen molar-refractivity contribution in [3.8, 4) is 5.75 Å². The summed E-state index contributed by atoms with van der Waals surface area (Å²) in [5, 5.41) is 2.92. The van der Waals surface area contributed by atoms with Crippen molar-refractivity contribution in [3.05, 3.63) is 60.2 Å². The number of ketones is 1. The molecule has 0 aliphatic carbocycles. The van der Waals surface area contributed by atoms with E-state index in [-0.39, 0.29) is 10.8 Å². The summed E-state index contributed by atoms with van der Waals surface area (Å²) in [4.78, 5) is 12.2. The van der Waals surface area contributed by atoms with Crippen LogP contribution in [0.4, 0.5) is 5.69 Å². The van der Waals surface area contributed by atoms with Crippen LogP contribution < -0.4 is 10.1 Å². The summed E-state index contributed by atoms with van der Waals surface area (Å²) in [5.41, 5.74) is 1.34. The van der Waals surface area contributed by atoms with Crippen LogP contribution in [-0.4, -0.2) is 17.9 Å². The molecule has 2 aromatic carbocycles. The quantitative estimate of drug-likeness (QED) is 0.684. The molecule has 0 amide bonds. The van der Waals surface area contributed by atoms with E-state index < -0.39 is 0 Å². The average Bonchev–Trinajstić information content (AvgIpc) is 2.48. The molecule has 1 N–H and O–H groups in total. The molecule has 0 aliphatic rings. The molecule has 4 heteroatoms. The first-order chi connectivity index (χ1) is 9.20. The molecule has 0 saturated heterocycles. The van der Waals surface area contributed by atoms with Crippen LogP contribution in [0.25, 0.3) is 0 Å². The van der Waals surface area contributed by atoms with E-state index in [0.717, 1.165) is 11.4 Å². The van der Waals surface area contributed by atoms with Crippen molar-refractivity contribution in [2.75, 3.05) is 12.4 Å². The molecule has 0 saturated carbocycles. The van der Waals surface area contributed by atoms with E-state index in [4.69, 9.17) is 17.0 Å². The summed E-state index contributed by atoms with van der Waals surface area (Å²) in [6.45, 7) is 0. The second-order valence-electron chi connectivity index (χ2n) is 3.88. The number of carbonyl (C=O) groups is 1. The Kier molecular flexibility index (Phi) is 4.26. The van der Waals surface area contributed by atoms with Gasteiger partial charge in [0.1, 0.15) is 5.75 Å². The number of Topliss-reactive ketones (excluding diaryl/α,β-unsaturated/α-hetero) is 1. The number of hydrogen-bond acceptors (Lipinski definition) is 3. The maximum atomic E-state index is 12.0. The van der Waals surface area contributed by atoms with Crippen molar-refractivity contribution in [1.82, 2.24) is 0 Å². The van der Waals surface area contributed by atoms with Crippen molar-refractivity contribution in [3.63, 3.8) is 0 Å². The average molecular weight is 271 g/mol. The van der Waals surface area contributed by atoms with Gasteiger partial charge in [0.2, 0.25) is 5.78 Å². The molecule has 0 fully saturated rings. The van der Waals surface area contributed by atoms with Gasteiger partial charge in [-0.15, -0.1) is 0 Å².